The number of sulfonamides is 1. The molecule has 174 valence electrons. The van der Waals surface area contributed by atoms with E-state index in [0.717, 1.165) is 14.3 Å². The molecule has 1 amide bonds. The number of anilines is 1. The molecule has 0 saturated carbocycles. The Balaban J connectivity index is 1.90. The van der Waals surface area contributed by atoms with Crippen LogP contribution in [0.5, 0.6) is 11.5 Å². The fourth-order valence-corrected chi connectivity index (χ4v) is 4.96. The number of ether oxygens (including phenoxy) is 2. The van der Waals surface area contributed by atoms with Crippen molar-refractivity contribution in [3.8, 4) is 11.5 Å². The van der Waals surface area contributed by atoms with Crippen LogP contribution in [0.25, 0.3) is 0 Å². The molecular formula is C23H22BrClN2O5S. The quantitative estimate of drug-likeness (QED) is 0.405. The Morgan fingerprint density at radius 1 is 1.00 bits per heavy atom. The lowest BCUT2D eigenvalue weighted by Crippen LogP contribution is -2.37. The lowest BCUT2D eigenvalue weighted by molar-refractivity contribution is -0.116. The number of nitrogens with zero attached hydrogens (tertiary/aromatic N) is 1. The van der Waals surface area contributed by atoms with Crippen molar-refractivity contribution in [2.75, 3.05) is 26.1 Å². The van der Waals surface area contributed by atoms with Crippen molar-refractivity contribution in [3.63, 3.8) is 0 Å². The minimum atomic E-state index is -3.96. The van der Waals surface area contributed by atoms with Crippen molar-refractivity contribution in [2.45, 2.75) is 11.4 Å². The van der Waals surface area contributed by atoms with Crippen LogP contribution in [0.3, 0.4) is 0 Å². The highest BCUT2D eigenvalue weighted by Gasteiger charge is 2.27. The van der Waals surface area contributed by atoms with Crippen LogP contribution in [-0.2, 0) is 21.4 Å². The smallest absolute Gasteiger partial charge is 0.243 e. The van der Waals surface area contributed by atoms with Gasteiger partial charge in [-0.25, -0.2) is 8.42 Å². The molecule has 0 unspecified atom stereocenters. The van der Waals surface area contributed by atoms with Gasteiger partial charge in [-0.3, -0.25) is 4.79 Å². The Morgan fingerprint density at radius 2 is 1.64 bits per heavy atom. The lowest BCUT2D eigenvalue weighted by atomic mass is 10.2. The molecule has 0 bridgehead atoms. The highest BCUT2D eigenvalue weighted by atomic mass is 79.9. The van der Waals surface area contributed by atoms with Crippen molar-refractivity contribution >= 4 is 49.1 Å². The fourth-order valence-electron chi connectivity index (χ4n) is 3.08. The molecule has 0 aromatic heterocycles. The molecule has 0 heterocycles. The lowest BCUT2D eigenvalue weighted by Gasteiger charge is -2.22. The fraction of sp³-hybridized carbons (Fsp3) is 0.174. The summed E-state index contributed by atoms with van der Waals surface area (Å²) < 4.78 is 39.1. The first-order valence-electron chi connectivity index (χ1n) is 9.75. The summed E-state index contributed by atoms with van der Waals surface area (Å²) in [5.74, 6) is 0.116. The maximum Gasteiger partial charge on any atom is 0.243 e. The maximum atomic E-state index is 13.4. The summed E-state index contributed by atoms with van der Waals surface area (Å²) in [5, 5.41) is 3.01. The zero-order valence-corrected chi connectivity index (χ0v) is 21.1. The van der Waals surface area contributed by atoms with Crippen LogP contribution >= 0.6 is 27.5 Å². The van der Waals surface area contributed by atoms with Gasteiger partial charge < -0.3 is 14.8 Å². The van der Waals surface area contributed by atoms with E-state index in [4.69, 9.17) is 21.1 Å². The number of amides is 1. The molecule has 0 spiro atoms. The van der Waals surface area contributed by atoms with Crippen LogP contribution in [0.15, 0.2) is 76.1 Å². The Bertz CT molecular complexity index is 1220. The Hall–Kier alpha value is -2.59. The summed E-state index contributed by atoms with van der Waals surface area (Å²) in [6.45, 7) is -0.394. The topological polar surface area (TPSA) is 84.9 Å². The second-order valence-corrected chi connectivity index (χ2v) is 10.2. The summed E-state index contributed by atoms with van der Waals surface area (Å²) in [5.41, 5.74) is 1.06. The van der Waals surface area contributed by atoms with Gasteiger partial charge in [0.1, 0.15) is 11.5 Å². The number of hydrogen-bond acceptors (Lipinski definition) is 5. The highest BCUT2D eigenvalue weighted by Crippen LogP contribution is 2.36. The molecule has 0 atom stereocenters. The third-order valence-electron chi connectivity index (χ3n) is 4.72. The van der Waals surface area contributed by atoms with E-state index in [9.17, 15) is 13.2 Å². The first kappa shape index (κ1) is 25.0. The van der Waals surface area contributed by atoms with Gasteiger partial charge in [0.2, 0.25) is 15.9 Å². The van der Waals surface area contributed by atoms with Gasteiger partial charge in [0.25, 0.3) is 0 Å². The average molecular weight is 554 g/mol. The molecule has 0 aliphatic heterocycles. The predicted molar refractivity (Wildman–Crippen MR) is 131 cm³/mol. The molecule has 0 aliphatic carbocycles. The minimum Gasteiger partial charge on any atom is -0.495 e. The largest absolute Gasteiger partial charge is 0.495 e. The molecule has 1 N–H and O–H groups in total. The molecule has 0 saturated heterocycles. The zero-order valence-electron chi connectivity index (χ0n) is 17.9. The molecule has 10 heteroatoms. The Kier molecular flexibility index (Phi) is 8.36. The molecule has 33 heavy (non-hydrogen) atoms. The number of rotatable bonds is 9. The number of hydrogen-bond donors (Lipinski definition) is 1. The van der Waals surface area contributed by atoms with Crippen molar-refractivity contribution in [2.24, 2.45) is 0 Å². The van der Waals surface area contributed by atoms with Gasteiger partial charge >= 0.3 is 0 Å². The molecule has 7 nitrogen and oxygen atoms in total. The van der Waals surface area contributed by atoms with Crippen molar-refractivity contribution in [3.05, 3.63) is 81.8 Å². The molecule has 3 aromatic rings. The van der Waals surface area contributed by atoms with Gasteiger partial charge in [-0.05, 0) is 29.8 Å². The van der Waals surface area contributed by atoms with E-state index in [-0.39, 0.29) is 11.4 Å². The molecule has 3 aromatic carbocycles. The van der Waals surface area contributed by atoms with E-state index in [1.54, 1.807) is 24.3 Å². The average Bonchev–Trinajstić information content (AvgIpc) is 2.80. The van der Waals surface area contributed by atoms with Gasteiger partial charge in [-0.2, -0.15) is 4.31 Å². The number of carbonyl (C=O) groups is 1. The number of carbonyl (C=O) groups excluding carboxylic acids is 1. The summed E-state index contributed by atoms with van der Waals surface area (Å²) in [7, 11) is -1.08. The van der Waals surface area contributed by atoms with Gasteiger partial charge in [-0.15, -0.1) is 0 Å². The van der Waals surface area contributed by atoms with Gasteiger partial charge in [0, 0.05) is 23.2 Å². The van der Waals surface area contributed by atoms with Gasteiger partial charge in [-0.1, -0.05) is 57.9 Å². The summed E-state index contributed by atoms with van der Waals surface area (Å²) >= 11 is 9.43. The maximum absolute atomic E-state index is 13.4. The molecular weight excluding hydrogens is 532 g/mol. The normalized spacial score (nSPS) is 11.3. The summed E-state index contributed by atoms with van der Waals surface area (Å²) in [6.07, 6.45) is 0. The monoisotopic (exact) mass is 552 g/mol. The van der Waals surface area contributed by atoms with E-state index in [1.165, 1.54) is 38.5 Å². The van der Waals surface area contributed by atoms with E-state index >= 15 is 0 Å². The first-order chi connectivity index (χ1) is 15.7. The Morgan fingerprint density at radius 3 is 2.24 bits per heavy atom. The van der Waals surface area contributed by atoms with E-state index in [2.05, 4.69) is 21.2 Å². The molecule has 0 radical (unpaired) electrons. The second-order valence-electron chi connectivity index (χ2n) is 6.95. The molecule has 0 aliphatic rings. The predicted octanol–water partition coefficient (Wildman–Crippen LogP) is 4.95. The van der Waals surface area contributed by atoms with Crippen molar-refractivity contribution in [1.29, 1.82) is 0 Å². The van der Waals surface area contributed by atoms with Crippen LogP contribution in [0, 0.1) is 0 Å². The molecule has 0 fully saturated rings. The second kappa shape index (κ2) is 11.0. The van der Waals surface area contributed by atoms with Crippen molar-refractivity contribution in [1.82, 2.24) is 4.31 Å². The minimum absolute atomic E-state index is 0.0216. The summed E-state index contributed by atoms with van der Waals surface area (Å²) in [6, 6.07) is 18.3. The number of halogens is 2. The summed E-state index contributed by atoms with van der Waals surface area (Å²) in [4.78, 5) is 13.0. The SMILES string of the molecule is COc1cc(NC(=O)CN(Cc2ccccc2)S(=O)(=O)c2ccc(Br)cc2)c(OC)cc1Cl. The van der Waals surface area contributed by atoms with Gasteiger partial charge in [0.15, 0.2) is 0 Å². The standard InChI is InChI=1S/C23H22BrClN2O5S/c1-31-21-13-20(22(32-2)12-19(21)25)26-23(28)15-27(14-16-6-4-3-5-7-16)33(29,30)18-10-8-17(24)9-11-18/h3-13H,14-15H2,1-2H3,(H,26,28). The first-order valence-corrected chi connectivity index (χ1v) is 12.4. The molecule has 3 rings (SSSR count). The van der Waals surface area contributed by atoms with Crippen LogP contribution in [0.2, 0.25) is 5.02 Å². The van der Waals surface area contributed by atoms with Gasteiger partial charge in [0.05, 0.1) is 36.4 Å². The number of methoxy groups -OCH3 is 2. The van der Waals surface area contributed by atoms with E-state index < -0.39 is 22.5 Å². The van der Waals surface area contributed by atoms with E-state index in [1.807, 2.05) is 18.2 Å². The van der Waals surface area contributed by atoms with Crippen LogP contribution in [0.4, 0.5) is 5.69 Å². The van der Waals surface area contributed by atoms with Crippen LogP contribution < -0.4 is 14.8 Å². The van der Waals surface area contributed by atoms with Crippen LogP contribution in [0.1, 0.15) is 5.56 Å². The third-order valence-corrected chi connectivity index (χ3v) is 7.35. The number of nitrogens with one attached hydrogen (secondary N) is 1. The number of benzene rings is 3. The van der Waals surface area contributed by atoms with Crippen LogP contribution in [-0.4, -0.2) is 39.4 Å². The van der Waals surface area contributed by atoms with Crippen molar-refractivity contribution < 1.29 is 22.7 Å². The Labute approximate surface area is 206 Å². The third kappa shape index (κ3) is 6.26. The van der Waals surface area contributed by atoms with E-state index in [0.29, 0.717) is 22.2 Å². The highest BCUT2D eigenvalue weighted by molar-refractivity contribution is 9.10. The zero-order chi connectivity index (χ0) is 24.0.